The molecule has 1 saturated heterocycles. The highest BCUT2D eigenvalue weighted by molar-refractivity contribution is 9.10. The maximum absolute atomic E-state index is 14.5. The van der Waals surface area contributed by atoms with Crippen LogP contribution in [0.4, 0.5) is 10.1 Å². The number of Topliss-reactive ketones (excluding diaryl/α,β-unsaturated/α-hetero) is 3. The SMILES string of the molecule is O=C(c1ccc(F)cc1)[C@H]1[C@H](c2ccc(Br)cc2)C2(C(=O)c3ccccc3C2=O)[C@@H]2C=Cc3ccccc3N21. The fourth-order valence-corrected chi connectivity index (χ4v) is 7.01. The minimum atomic E-state index is -1.55. The molecule has 1 aliphatic carbocycles. The van der Waals surface area contributed by atoms with Crippen LogP contribution in [0.2, 0.25) is 0 Å². The molecule has 7 rings (SSSR count). The standard InChI is InChI=1S/C33H21BrFNO3/c34-22-14-9-20(10-15-22)28-29(30(37)21-11-16-23(35)17-12-21)36-26-8-4-1-5-19(26)13-18-27(36)33(28)31(38)24-6-2-3-7-25(24)32(33)39/h1-18,27-29H/t27-,28-,29+/m0/s1. The molecule has 0 bridgehead atoms. The van der Waals surface area contributed by atoms with Gasteiger partial charge >= 0.3 is 0 Å². The molecule has 39 heavy (non-hydrogen) atoms. The number of carbonyl (C=O) groups excluding carboxylic acids is 3. The Labute approximate surface area is 232 Å². The van der Waals surface area contributed by atoms with Gasteiger partial charge in [-0.05, 0) is 53.6 Å². The maximum atomic E-state index is 14.5. The first-order chi connectivity index (χ1) is 18.9. The third-order valence-electron chi connectivity index (χ3n) is 8.34. The first-order valence-electron chi connectivity index (χ1n) is 12.7. The van der Waals surface area contributed by atoms with Gasteiger partial charge in [0.25, 0.3) is 0 Å². The van der Waals surface area contributed by atoms with Gasteiger partial charge in [-0.15, -0.1) is 0 Å². The molecule has 4 nitrogen and oxygen atoms in total. The predicted molar refractivity (Wildman–Crippen MR) is 151 cm³/mol. The van der Waals surface area contributed by atoms with E-state index in [0.29, 0.717) is 22.3 Å². The van der Waals surface area contributed by atoms with E-state index in [9.17, 15) is 18.8 Å². The van der Waals surface area contributed by atoms with Crippen LogP contribution in [0.15, 0.2) is 108 Å². The summed E-state index contributed by atoms with van der Waals surface area (Å²) >= 11 is 3.49. The Morgan fingerprint density at radius 1 is 0.795 bits per heavy atom. The second kappa shape index (κ2) is 8.68. The zero-order valence-corrected chi connectivity index (χ0v) is 22.1. The molecule has 0 amide bonds. The van der Waals surface area contributed by atoms with Gasteiger partial charge in [-0.1, -0.05) is 82.7 Å². The van der Waals surface area contributed by atoms with E-state index < -0.39 is 29.2 Å². The number of benzene rings is 4. The third kappa shape index (κ3) is 3.24. The van der Waals surface area contributed by atoms with E-state index in [4.69, 9.17) is 0 Å². The molecule has 1 fully saturated rings. The summed E-state index contributed by atoms with van der Waals surface area (Å²) in [7, 11) is 0. The number of halogens is 2. The van der Waals surface area contributed by atoms with E-state index in [2.05, 4.69) is 15.9 Å². The summed E-state index contributed by atoms with van der Waals surface area (Å²) in [5, 5.41) is 0. The Hall–Kier alpha value is -4.16. The summed E-state index contributed by atoms with van der Waals surface area (Å²) in [6.07, 6.45) is 3.83. The quantitative estimate of drug-likeness (QED) is 0.196. The smallest absolute Gasteiger partial charge is 0.185 e. The third-order valence-corrected chi connectivity index (χ3v) is 8.87. The summed E-state index contributed by atoms with van der Waals surface area (Å²) in [5.74, 6) is -2.06. The van der Waals surface area contributed by atoms with E-state index in [1.165, 1.54) is 24.3 Å². The van der Waals surface area contributed by atoms with Gasteiger partial charge in [0.05, 0.1) is 6.04 Å². The summed E-state index contributed by atoms with van der Waals surface area (Å²) in [6, 6.07) is 25.9. The molecule has 190 valence electrons. The van der Waals surface area contributed by atoms with Gasteiger partial charge in [0.2, 0.25) is 0 Å². The van der Waals surface area contributed by atoms with Crippen molar-refractivity contribution in [2.45, 2.75) is 18.0 Å². The van der Waals surface area contributed by atoms with Gasteiger partial charge in [0, 0.05) is 32.8 Å². The highest BCUT2D eigenvalue weighted by atomic mass is 79.9. The van der Waals surface area contributed by atoms with Crippen LogP contribution in [0.25, 0.3) is 6.08 Å². The molecule has 0 unspecified atom stereocenters. The first kappa shape index (κ1) is 23.9. The molecule has 2 heterocycles. The molecule has 3 atom stereocenters. The highest BCUT2D eigenvalue weighted by Gasteiger charge is 2.71. The molecule has 6 heteroatoms. The fourth-order valence-electron chi connectivity index (χ4n) is 6.75. The summed E-state index contributed by atoms with van der Waals surface area (Å²) in [6.45, 7) is 0. The minimum absolute atomic E-state index is 0.272. The summed E-state index contributed by atoms with van der Waals surface area (Å²) in [4.78, 5) is 45.5. The lowest BCUT2D eigenvalue weighted by atomic mass is 9.64. The molecule has 0 radical (unpaired) electrons. The number of hydrogen-bond acceptors (Lipinski definition) is 4. The lowest BCUT2D eigenvalue weighted by Gasteiger charge is -2.37. The molecule has 4 aromatic carbocycles. The largest absolute Gasteiger partial charge is 0.352 e. The molecule has 0 saturated carbocycles. The van der Waals surface area contributed by atoms with Crippen molar-refractivity contribution >= 4 is 45.0 Å². The Morgan fingerprint density at radius 3 is 2.08 bits per heavy atom. The monoisotopic (exact) mass is 577 g/mol. The zero-order valence-electron chi connectivity index (χ0n) is 20.6. The van der Waals surface area contributed by atoms with Crippen molar-refractivity contribution < 1.29 is 18.8 Å². The number of hydrogen-bond donors (Lipinski definition) is 0. The Balaban J connectivity index is 1.54. The van der Waals surface area contributed by atoms with Crippen molar-refractivity contribution in [1.29, 1.82) is 0 Å². The van der Waals surface area contributed by atoms with E-state index in [-0.39, 0.29) is 17.3 Å². The molecule has 1 spiro atoms. The lowest BCUT2D eigenvalue weighted by molar-refractivity contribution is 0.0666. The highest BCUT2D eigenvalue weighted by Crippen LogP contribution is 2.61. The number of anilines is 1. The molecule has 4 aromatic rings. The van der Waals surface area contributed by atoms with Crippen molar-refractivity contribution in [2.24, 2.45) is 5.41 Å². The second-order valence-corrected chi connectivity index (χ2v) is 11.1. The van der Waals surface area contributed by atoms with E-state index in [1.807, 2.05) is 65.6 Å². The molecule has 0 N–H and O–H groups in total. The number of rotatable bonds is 3. The van der Waals surface area contributed by atoms with Crippen molar-refractivity contribution in [3.63, 3.8) is 0 Å². The first-order valence-corrected chi connectivity index (χ1v) is 13.5. The lowest BCUT2D eigenvalue weighted by Crippen LogP contribution is -2.48. The van der Waals surface area contributed by atoms with Gasteiger partial charge < -0.3 is 4.90 Å². The van der Waals surface area contributed by atoms with Crippen molar-refractivity contribution in [2.75, 3.05) is 4.90 Å². The summed E-state index contributed by atoms with van der Waals surface area (Å²) < 4.78 is 14.7. The van der Waals surface area contributed by atoms with Crippen molar-refractivity contribution in [1.82, 2.24) is 0 Å². The molecular weight excluding hydrogens is 557 g/mol. The fraction of sp³-hybridized carbons (Fsp3) is 0.121. The number of ketones is 3. The Bertz CT molecular complexity index is 1670. The normalized spacial score (nSPS) is 22.1. The number of fused-ring (bicyclic) bond motifs is 5. The average Bonchev–Trinajstić information content (AvgIpc) is 3.40. The van der Waals surface area contributed by atoms with Gasteiger partial charge in [0.1, 0.15) is 17.3 Å². The average molecular weight is 578 g/mol. The van der Waals surface area contributed by atoms with Crippen LogP contribution in [-0.2, 0) is 0 Å². The number of nitrogens with zero attached hydrogens (tertiary/aromatic N) is 1. The number of carbonyl (C=O) groups is 3. The van der Waals surface area contributed by atoms with Crippen LogP contribution in [0, 0.1) is 11.2 Å². The predicted octanol–water partition coefficient (Wildman–Crippen LogP) is 6.90. The number of para-hydroxylation sites is 1. The van der Waals surface area contributed by atoms with Gasteiger partial charge in [-0.2, -0.15) is 0 Å². The zero-order chi connectivity index (χ0) is 26.9. The van der Waals surface area contributed by atoms with E-state index >= 15 is 0 Å². The van der Waals surface area contributed by atoms with E-state index in [0.717, 1.165) is 15.7 Å². The van der Waals surface area contributed by atoms with Gasteiger partial charge in [-0.25, -0.2) is 4.39 Å². The van der Waals surface area contributed by atoms with Crippen LogP contribution in [0.1, 0.15) is 48.1 Å². The van der Waals surface area contributed by atoms with Gasteiger partial charge in [-0.3, -0.25) is 14.4 Å². The molecule has 3 aliphatic rings. The van der Waals surface area contributed by atoms with Crippen molar-refractivity contribution in [3.05, 3.63) is 141 Å². The Morgan fingerprint density at radius 2 is 1.41 bits per heavy atom. The Kier molecular flexibility index (Phi) is 5.32. The van der Waals surface area contributed by atoms with Crippen LogP contribution >= 0.6 is 15.9 Å². The van der Waals surface area contributed by atoms with Crippen LogP contribution < -0.4 is 4.90 Å². The van der Waals surface area contributed by atoms with Crippen molar-refractivity contribution in [3.8, 4) is 0 Å². The second-order valence-electron chi connectivity index (χ2n) is 10.2. The van der Waals surface area contributed by atoms with Crippen LogP contribution in [-0.4, -0.2) is 29.4 Å². The van der Waals surface area contributed by atoms with Crippen LogP contribution in [0.5, 0.6) is 0 Å². The molecule has 0 aromatic heterocycles. The summed E-state index contributed by atoms with van der Waals surface area (Å²) in [5.41, 5.74) is 1.92. The minimum Gasteiger partial charge on any atom is -0.352 e. The van der Waals surface area contributed by atoms with E-state index in [1.54, 1.807) is 24.3 Å². The molecular formula is C33H21BrFNO3. The topological polar surface area (TPSA) is 54.5 Å². The van der Waals surface area contributed by atoms with Crippen LogP contribution in [0.3, 0.4) is 0 Å². The molecule has 2 aliphatic heterocycles. The van der Waals surface area contributed by atoms with Gasteiger partial charge in [0.15, 0.2) is 17.3 Å². The maximum Gasteiger partial charge on any atom is 0.185 e.